The van der Waals surface area contributed by atoms with Gasteiger partial charge in [0.1, 0.15) is 23.8 Å². The lowest BCUT2D eigenvalue weighted by atomic mass is 10.1. The average molecular weight is 399 g/mol. The highest BCUT2D eigenvalue weighted by Gasteiger charge is 2.17. The summed E-state index contributed by atoms with van der Waals surface area (Å²) in [5.41, 5.74) is 6.99. The van der Waals surface area contributed by atoms with Crippen LogP contribution in [0.5, 0.6) is 0 Å². The topological polar surface area (TPSA) is 55.6 Å². The molecule has 2 aromatic heterocycles. The van der Waals surface area contributed by atoms with Crippen molar-refractivity contribution < 1.29 is 9.53 Å². The minimum atomic E-state index is -0.209. The molecule has 0 saturated heterocycles. The number of ether oxygens (including phenoxy) is 1. The van der Waals surface area contributed by atoms with Gasteiger partial charge in [0.15, 0.2) is 0 Å². The van der Waals surface area contributed by atoms with Gasteiger partial charge in [-0.1, -0.05) is 47.5 Å². The number of pyridine rings is 1. The van der Waals surface area contributed by atoms with Crippen molar-refractivity contribution in [3.8, 4) is 11.3 Å². The number of rotatable bonds is 6. The van der Waals surface area contributed by atoms with Crippen molar-refractivity contribution in [2.75, 3.05) is 11.9 Å². The standard InChI is InChI=1S/C25H25N3O2/c1-17-9-10-28-22(14-17)26-24(21-12-18(2)11-19(3)13-21)25(28)27-23(29)16-30-15-20-7-5-4-6-8-20/h4-14H,15-16H2,1-3H3,(H,27,29). The maximum Gasteiger partial charge on any atom is 0.251 e. The number of aromatic nitrogens is 2. The smallest absolute Gasteiger partial charge is 0.251 e. The number of anilines is 1. The summed E-state index contributed by atoms with van der Waals surface area (Å²) in [6, 6.07) is 20.1. The highest BCUT2D eigenvalue weighted by Crippen LogP contribution is 2.30. The second-order valence-corrected chi connectivity index (χ2v) is 7.64. The van der Waals surface area contributed by atoms with Gasteiger partial charge in [-0.15, -0.1) is 0 Å². The van der Waals surface area contributed by atoms with Crippen LogP contribution in [0.1, 0.15) is 22.3 Å². The number of hydrogen-bond acceptors (Lipinski definition) is 3. The molecule has 2 aromatic carbocycles. The summed E-state index contributed by atoms with van der Waals surface area (Å²) >= 11 is 0. The van der Waals surface area contributed by atoms with Gasteiger partial charge in [0, 0.05) is 11.8 Å². The fourth-order valence-electron chi connectivity index (χ4n) is 3.58. The molecule has 152 valence electrons. The molecule has 0 unspecified atom stereocenters. The van der Waals surface area contributed by atoms with Crippen LogP contribution in [0, 0.1) is 20.8 Å². The lowest BCUT2D eigenvalue weighted by Gasteiger charge is -2.10. The molecule has 4 rings (SSSR count). The summed E-state index contributed by atoms with van der Waals surface area (Å²) in [5.74, 6) is 0.447. The van der Waals surface area contributed by atoms with E-state index in [1.807, 2.05) is 60.0 Å². The van der Waals surface area contributed by atoms with Gasteiger partial charge in [-0.05, 0) is 56.2 Å². The van der Waals surface area contributed by atoms with Crippen molar-refractivity contribution in [3.63, 3.8) is 0 Å². The van der Waals surface area contributed by atoms with E-state index >= 15 is 0 Å². The predicted octanol–water partition coefficient (Wildman–Crippen LogP) is 5.08. The fourth-order valence-corrected chi connectivity index (χ4v) is 3.58. The SMILES string of the molecule is Cc1cc(C)cc(-c2nc3cc(C)ccn3c2NC(=O)COCc2ccccc2)c1. The zero-order chi connectivity index (χ0) is 21.1. The third-order valence-corrected chi connectivity index (χ3v) is 4.88. The molecule has 2 heterocycles. The Balaban J connectivity index is 1.61. The molecule has 0 atom stereocenters. The Morgan fingerprint density at radius 1 is 0.967 bits per heavy atom. The van der Waals surface area contributed by atoms with Crippen LogP contribution in [0.25, 0.3) is 16.9 Å². The van der Waals surface area contributed by atoms with Crippen LogP contribution in [0.4, 0.5) is 5.82 Å². The summed E-state index contributed by atoms with van der Waals surface area (Å²) in [6.45, 7) is 6.52. The molecule has 0 radical (unpaired) electrons. The first-order valence-electron chi connectivity index (χ1n) is 9.98. The molecule has 30 heavy (non-hydrogen) atoms. The number of benzene rings is 2. The predicted molar refractivity (Wildman–Crippen MR) is 120 cm³/mol. The maximum atomic E-state index is 12.7. The average Bonchev–Trinajstić information content (AvgIpc) is 3.05. The number of hydrogen-bond donors (Lipinski definition) is 1. The molecule has 5 heteroatoms. The first-order valence-corrected chi connectivity index (χ1v) is 9.98. The van der Waals surface area contributed by atoms with Gasteiger partial charge in [-0.25, -0.2) is 4.98 Å². The minimum absolute atomic E-state index is 0.0275. The van der Waals surface area contributed by atoms with Crippen molar-refractivity contribution in [3.05, 3.63) is 89.1 Å². The molecule has 0 saturated carbocycles. The number of carbonyl (C=O) groups excluding carboxylic acids is 1. The largest absolute Gasteiger partial charge is 0.367 e. The van der Waals surface area contributed by atoms with Crippen LogP contribution in [0.15, 0.2) is 66.9 Å². The second-order valence-electron chi connectivity index (χ2n) is 7.64. The number of fused-ring (bicyclic) bond motifs is 1. The van der Waals surface area contributed by atoms with Gasteiger partial charge in [0.2, 0.25) is 0 Å². The van der Waals surface area contributed by atoms with Crippen LogP contribution in [-0.2, 0) is 16.1 Å². The third kappa shape index (κ3) is 4.42. The van der Waals surface area contributed by atoms with E-state index < -0.39 is 0 Å². The molecule has 0 aliphatic carbocycles. The highest BCUT2D eigenvalue weighted by atomic mass is 16.5. The van der Waals surface area contributed by atoms with Gasteiger partial charge >= 0.3 is 0 Å². The van der Waals surface area contributed by atoms with Crippen molar-refractivity contribution in [1.82, 2.24) is 9.38 Å². The molecular formula is C25H25N3O2. The Morgan fingerprint density at radius 2 is 1.70 bits per heavy atom. The first kappa shape index (κ1) is 19.9. The van der Waals surface area contributed by atoms with Crippen LogP contribution in [-0.4, -0.2) is 21.9 Å². The molecule has 1 N–H and O–H groups in total. The van der Waals surface area contributed by atoms with Gasteiger partial charge in [-0.2, -0.15) is 0 Å². The number of carbonyl (C=O) groups is 1. The van der Waals surface area contributed by atoms with Gasteiger partial charge in [0.25, 0.3) is 5.91 Å². The van der Waals surface area contributed by atoms with Crippen molar-refractivity contribution in [1.29, 1.82) is 0 Å². The zero-order valence-corrected chi connectivity index (χ0v) is 17.5. The number of amides is 1. The summed E-state index contributed by atoms with van der Waals surface area (Å²) < 4.78 is 7.52. The molecule has 0 bridgehead atoms. The molecule has 1 amide bonds. The molecule has 0 fully saturated rings. The van der Waals surface area contributed by atoms with E-state index in [1.54, 1.807) is 0 Å². The van der Waals surface area contributed by atoms with Gasteiger partial charge in [-0.3, -0.25) is 9.20 Å². The molecule has 0 aliphatic rings. The first-order chi connectivity index (χ1) is 14.5. The Morgan fingerprint density at radius 3 is 2.43 bits per heavy atom. The molecule has 4 aromatic rings. The maximum absolute atomic E-state index is 12.7. The molecule has 5 nitrogen and oxygen atoms in total. The minimum Gasteiger partial charge on any atom is -0.367 e. The number of aryl methyl sites for hydroxylation is 3. The second kappa shape index (κ2) is 8.51. The monoisotopic (exact) mass is 399 g/mol. The van der Waals surface area contributed by atoms with Crippen molar-refractivity contribution in [2.45, 2.75) is 27.4 Å². The van der Waals surface area contributed by atoms with E-state index in [9.17, 15) is 4.79 Å². The van der Waals surface area contributed by atoms with Crippen LogP contribution in [0.3, 0.4) is 0 Å². The normalized spacial score (nSPS) is 11.0. The van der Waals surface area contributed by atoms with Crippen molar-refractivity contribution >= 4 is 17.4 Å². The van der Waals surface area contributed by atoms with E-state index in [-0.39, 0.29) is 12.5 Å². The molecule has 0 spiro atoms. The van der Waals surface area contributed by atoms with E-state index in [0.29, 0.717) is 12.4 Å². The van der Waals surface area contributed by atoms with Gasteiger partial charge in [0.05, 0.1) is 6.61 Å². The summed E-state index contributed by atoms with van der Waals surface area (Å²) in [6.07, 6.45) is 1.93. The van der Waals surface area contributed by atoms with Crippen LogP contribution < -0.4 is 5.32 Å². The summed E-state index contributed by atoms with van der Waals surface area (Å²) in [4.78, 5) is 17.5. The van der Waals surface area contributed by atoms with Crippen LogP contribution >= 0.6 is 0 Å². The highest BCUT2D eigenvalue weighted by molar-refractivity contribution is 5.95. The number of imidazole rings is 1. The molecular weight excluding hydrogens is 374 g/mol. The lowest BCUT2D eigenvalue weighted by Crippen LogP contribution is -2.19. The number of nitrogens with zero attached hydrogens (tertiary/aromatic N) is 2. The Labute approximate surface area is 176 Å². The Kier molecular flexibility index (Phi) is 5.63. The summed E-state index contributed by atoms with van der Waals surface area (Å²) in [7, 11) is 0. The quantitative estimate of drug-likeness (QED) is 0.492. The number of nitrogens with one attached hydrogen (secondary N) is 1. The van der Waals surface area contributed by atoms with E-state index in [2.05, 4.69) is 37.4 Å². The van der Waals surface area contributed by atoms with Gasteiger partial charge < -0.3 is 10.1 Å². The van der Waals surface area contributed by atoms with Crippen LogP contribution in [0.2, 0.25) is 0 Å². The van der Waals surface area contributed by atoms with E-state index in [4.69, 9.17) is 9.72 Å². The van der Waals surface area contributed by atoms with E-state index in [1.165, 1.54) is 0 Å². The Hall–Kier alpha value is -3.44. The summed E-state index contributed by atoms with van der Waals surface area (Å²) in [5, 5.41) is 3.01. The molecule has 0 aliphatic heterocycles. The zero-order valence-electron chi connectivity index (χ0n) is 17.5. The lowest BCUT2D eigenvalue weighted by molar-refractivity contribution is -0.121. The van der Waals surface area contributed by atoms with E-state index in [0.717, 1.165) is 39.2 Å². The Bertz CT molecular complexity index is 1180. The fraction of sp³-hybridized carbons (Fsp3) is 0.200. The van der Waals surface area contributed by atoms with Crippen molar-refractivity contribution in [2.24, 2.45) is 0 Å². The third-order valence-electron chi connectivity index (χ3n) is 4.88.